The summed E-state index contributed by atoms with van der Waals surface area (Å²) in [6, 6.07) is 15.6. The minimum atomic E-state index is -0.0756. The molecule has 1 unspecified atom stereocenters. The summed E-state index contributed by atoms with van der Waals surface area (Å²) < 4.78 is 6.82. The predicted octanol–water partition coefficient (Wildman–Crippen LogP) is 3.89. The Balaban J connectivity index is 1.60. The Hall–Kier alpha value is -2.64. The van der Waals surface area contributed by atoms with E-state index in [0.29, 0.717) is 35.6 Å². The first-order chi connectivity index (χ1) is 15.1. The van der Waals surface area contributed by atoms with Crippen molar-refractivity contribution in [2.24, 2.45) is 0 Å². The van der Waals surface area contributed by atoms with E-state index in [9.17, 15) is 9.59 Å². The van der Waals surface area contributed by atoms with E-state index >= 15 is 0 Å². The molecule has 0 spiro atoms. The molecule has 1 aromatic heterocycles. The van der Waals surface area contributed by atoms with E-state index in [1.807, 2.05) is 41.3 Å². The van der Waals surface area contributed by atoms with Gasteiger partial charge < -0.3 is 9.64 Å². The fourth-order valence-corrected chi connectivity index (χ4v) is 4.97. The van der Waals surface area contributed by atoms with E-state index in [4.69, 9.17) is 9.72 Å². The molecule has 162 valence electrons. The minimum absolute atomic E-state index is 0.0375. The van der Waals surface area contributed by atoms with E-state index in [-0.39, 0.29) is 23.3 Å². The fourth-order valence-electron chi connectivity index (χ4n) is 4.09. The zero-order chi connectivity index (χ0) is 21.8. The van der Waals surface area contributed by atoms with Crippen molar-refractivity contribution in [3.05, 3.63) is 64.4 Å². The Morgan fingerprint density at radius 1 is 1.19 bits per heavy atom. The molecule has 1 atom stereocenters. The third-order valence-corrected chi connectivity index (χ3v) is 6.63. The molecule has 4 rings (SSSR count). The van der Waals surface area contributed by atoms with Crippen LogP contribution in [0, 0.1) is 0 Å². The summed E-state index contributed by atoms with van der Waals surface area (Å²) in [7, 11) is 1.65. The molecular formula is C24H27N3O3S. The first-order valence-corrected chi connectivity index (χ1v) is 11.6. The maximum absolute atomic E-state index is 13.2. The number of methoxy groups -OCH3 is 1. The Morgan fingerprint density at radius 2 is 1.97 bits per heavy atom. The normalized spacial score (nSPS) is 15.8. The molecule has 2 heterocycles. The molecule has 0 fully saturated rings. The van der Waals surface area contributed by atoms with Crippen LogP contribution in [0.1, 0.15) is 25.3 Å². The molecule has 2 aromatic carbocycles. The molecule has 6 nitrogen and oxygen atoms in total. The summed E-state index contributed by atoms with van der Waals surface area (Å²) in [4.78, 5) is 32.9. The summed E-state index contributed by atoms with van der Waals surface area (Å²) in [5, 5.41) is 1.17. The van der Waals surface area contributed by atoms with Gasteiger partial charge in [-0.3, -0.25) is 14.2 Å². The molecular weight excluding hydrogens is 410 g/mol. The van der Waals surface area contributed by atoms with Gasteiger partial charge in [-0.2, -0.15) is 0 Å². The van der Waals surface area contributed by atoms with Crippen LogP contribution in [-0.4, -0.2) is 41.0 Å². The topological polar surface area (TPSA) is 64.4 Å². The SMILES string of the molecule is COCCCn1c(SCC(=O)N2c3ccccc3CCC2C)nc2ccccc2c1=O. The zero-order valence-corrected chi connectivity index (χ0v) is 18.7. The van der Waals surface area contributed by atoms with Gasteiger partial charge in [-0.05, 0) is 49.9 Å². The van der Waals surface area contributed by atoms with Crippen molar-refractivity contribution < 1.29 is 9.53 Å². The van der Waals surface area contributed by atoms with Crippen LogP contribution in [0.5, 0.6) is 0 Å². The molecule has 7 heteroatoms. The second kappa shape index (κ2) is 9.66. The van der Waals surface area contributed by atoms with Crippen LogP contribution in [0.3, 0.4) is 0 Å². The second-order valence-electron chi connectivity index (χ2n) is 7.78. The van der Waals surface area contributed by atoms with E-state index in [1.165, 1.54) is 17.3 Å². The van der Waals surface area contributed by atoms with Crippen LogP contribution in [0.4, 0.5) is 5.69 Å². The summed E-state index contributed by atoms with van der Waals surface area (Å²) >= 11 is 1.33. The first kappa shape index (κ1) is 21.6. The van der Waals surface area contributed by atoms with Gasteiger partial charge in [0.05, 0.1) is 16.7 Å². The van der Waals surface area contributed by atoms with Crippen LogP contribution in [0.2, 0.25) is 0 Å². The third kappa shape index (κ3) is 4.52. The summed E-state index contributed by atoms with van der Waals surface area (Å²) in [6.45, 7) is 3.15. The Labute approximate surface area is 186 Å². The molecule has 0 saturated carbocycles. The lowest BCUT2D eigenvalue weighted by atomic mass is 9.97. The number of carbonyl (C=O) groups is 1. The number of hydrogen-bond acceptors (Lipinski definition) is 5. The van der Waals surface area contributed by atoms with Crippen molar-refractivity contribution in [3.63, 3.8) is 0 Å². The average Bonchev–Trinajstić information content (AvgIpc) is 2.79. The second-order valence-corrected chi connectivity index (χ2v) is 8.73. The molecule has 0 aliphatic carbocycles. The van der Waals surface area contributed by atoms with Crippen molar-refractivity contribution >= 4 is 34.3 Å². The Bertz CT molecular complexity index is 1140. The number of anilines is 1. The van der Waals surface area contributed by atoms with E-state index in [0.717, 1.165) is 18.5 Å². The molecule has 0 saturated heterocycles. The summed E-state index contributed by atoms with van der Waals surface area (Å²) in [5.41, 5.74) is 2.78. The summed E-state index contributed by atoms with van der Waals surface area (Å²) in [6.07, 6.45) is 2.64. The van der Waals surface area contributed by atoms with Crippen LogP contribution >= 0.6 is 11.8 Å². The van der Waals surface area contributed by atoms with Gasteiger partial charge in [-0.1, -0.05) is 42.1 Å². The lowest BCUT2D eigenvalue weighted by molar-refractivity contribution is -0.116. The molecule has 0 radical (unpaired) electrons. The monoisotopic (exact) mass is 437 g/mol. The number of benzene rings is 2. The van der Waals surface area contributed by atoms with Crippen molar-refractivity contribution in [2.75, 3.05) is 24.4 Å². The zero-order valence-electron chi connectivity index (χ0n) is 17.9. The van der Waals surface area contributed by atoms with Crippen LogP contribution in [0.25, 0.3) is 10.9 Å². The van der Waals surface area contributed by atoms with Crippen molar-refractivity contribution in [1.29, 1.82) is 0 Å². The molecule has 31 heavy (non-hydrogen) atoms. The number of amides is 1. The molecule has 3 aromatic rings. The number of aryl methyl sites for hydroxylation is 1. The minimum Gasteiger partial charge on any atom is -0.385 e. The maximum atomic E-state index is 13.2. The van der Waals surface area contributed by atoms with Crippen LogP contribution in [-0.2, 0) is 22.5 Å². The molecule has 0 bridgehead atoms. The van der Waals surface area contributed by atoms with Crippen molar-refractivity contribution in [2.45, 2.75) is 43.9 Å². The van der Waals surface area contributed by atoms with Crippen LogP contribution < -0.4 is 10.5 Å². The van der Waals surface area contributed by atoms with Gasteiger partial charge >= 0.3 is 0 Å². The van der Waals surface area contributed by atoms with Gasteiger partial charge in [0.1, 0.15) is 0 Å². The molecule has 0 N–H and O–H groups in total. The largest absolute Gasteiger partial charge is 0.385 e. The summed E-state index contributed by atoms with van der Waals surface area (Å²) in [5.74, 6) is 0.267. The van der Waals surface area contributed by atoms with Gasteiger partial charge in [-0.15, -0.1) is 0 Å². The highest BCUT2D eigenvalue weighted by molar-refractivity contribution is 7.99. The molecule has 1 aliphatic heterocycles. The number of aromatic nitrogens is 2. The Morgan fingerprint density at radius 3 is 2.81 bits per heavy atom. The standard InChI is InChI=1S/C24H27N3O3S/c1-17-12-13-18-8-3-6-11-21(18)27(17)22(28)16-31-24-25-20-10-5-4-9-19(20)23(29)26(24)14-7-15-30-2/h3-6,8-11,17H,7,12-16H2,1-2H3. The van der Waals surface area contributed by atoms with Gasteiger partial charge in [0.25, 0.3) is 5.56 Å². The fraction of sp³-hybridized carbons (Fsp3) is 0.375. The van der Waals surface area contributed by atoms with Gasteiger partial charge in [0.2, 0.25) is 5.91 Å². The number of carbonyl (C=O) groups excluding carboxylic acids is 1. The van der Waals surface area contributed by atoms with Crippen LogP contribution in [0.15, 0.2) is 58.5 Å². The number of rotatable bonds is 7. The van der Waals surface area contributed by atoms with Crippen molar-refractivity contribution in [1.82, 2.24) is 9.55 Å². The Kier molecular flexibility index (Phi) is 6.73. The van der Waals surface area contributed by atoms with E-state index in [1.54, 1.807) is 17.7 Å². The number of thioether (sulfide) groups is 1. The lowest BCUT2D eigenvalue weighted by Crippen LogP contribution is -2.43. The maximum Gasteiger partial charge on any atom is 0.262 e. The third-order valence-electron chi connectivity index (χ3n) is 5.67. The van der Waals surface area contributed by atoms with Gasteiger partial charge in [0.15, 0.2) is 5.16 Å². The van der Waals surface area contributed by atoms with Gasteiger partial charge in [0, 0.05) is 32.0 Å². The highest BCUT2D eigenvalue weighted by Crippen LogP contribution is 2.31. The highest BCUT2D eigenvalue weighted by atomic mass is 32.2. The first-order valence-electron chi connectivity index (χ1n) is 10.6. The number of ether oxygens (including phenoxy) is 1. The van der Waals surface area contributed by atoms with E-state index < -0.39 is 0 Å². The number of nitrogens with zero attached hydrogens (tertiary/aromatic N) is 3. The average molecular weight is 438 g/mol. The predicted molar refractivity (Wildman–Crippen MR) is 125 cm³/mol. The highest BCUT2D eigenvalue weighted by Gasteiger charge is 2.28. The smallest absolute Gasteiger partial charge is 0.262 e. The number of para-hydroxylation sites is 2. The van der Waals surface area contributed by atoms with Crippen molar-refractivity contribution in [3.8, 4) is 0 Å². The lowest BCUT2D eigenvalue weighted by Gasteiger charge is -2.35. The number of fused-ring (bicyclic) bond motifs is 2. The van der Waals surface area contributed by atoms with Gasteiger partial charge in [-0.25, -0.2) is 4.98 Å². The quantitative estimate of drug-likeness (QED) is 0.319. The van der Waals surface area contributed by atoms with E-state index in [2.05, 4.69) is 13.0 Å². The molecule has 1 aliphatic rings. The number of hydrogen-bond donors (Lipinski definition) is 0. The molecule has 1 amide bonds.